The van der Waals surface area contributed by atoms with Crippen LogP contribution in [0, 0.1) is 0 Å². The predicted octanol–water partition coefficient (Wildman–Crippen LogP) is 2.84. The normalized spacial score (nSPS) is 18.3. The molecule has 0 saturated carbocycles. The van der Waals surface area contributed by atoms with Crippen molar-refractivity contribution in [2.45, 2.75) is 52.1 Å². The van der Waals surface area contributed by atoms with Crippen molar-refractivity contribution in [2.75, 3.05) is 20.3 Å². The Hall–Kier alpha value is -3.84. The number of ketones is 1. The minimum absolute atomic E-state index is 0.0283. The summed E-state index contributed by atoms with van der Waals surface area (Å²) in [4.78, 5) is 32.4. The van der Waals surface area contributed by atoms with Crippen LogP contribution in [-0.4, -0.2) is 61.3 Å². The molecule has 39 heavy (non-hydrogen) atoms. The number of carbonyl (C=O) groups excluding carboxylic acids is 3. The van der Waals surface area contributed by atoms with Crippen LogP contribution in [0.4, 0.5) is 9.59 Å². The molecule has 2 fully saturated rings. The van der Waals surface area contributed by atoms with Gasteiger partial charge in [-0.25, -0.2) is 20.9 Å². The fourth-order valence-electron chi connectivity index (χ4n) is 3.06. The Morgan fingerprint density at radius 1 is 0.872 bits per heavy atom. The summed E-state index contributed by atoms with van der Waals surface area (Å²) in [6.07, 6.45) is 0.0325. The number of hydrogen-bond acceptors (Lipinski definition) is 10. The summed E-state index contributed by atoms with van der Waals surface area (Å²) in [6, 6.07) is 18.9. The number of nitrogens with one attached hydrogen (secondary N) is 2. The summed E-state index contributed by atoms with van der Waals surface area (Å²) in [5.41, 5.74) is 6.96. The smallest absolute Gasteiger partial charge is 0.428 e. The maximum Gasteiger partial charge on any atom is 0.428 e. The fraction of sp³-hybridized carbons (Fsp3) is 0.407. The Bertz CT molecular complexity index is 1010. The molecule has 2 saturated heterocycles. The van der Waals surface area contributed by atoms with Crippen LogP contribution in [-0.2, 0) is 37.0 Å². The summed E-state index contributed by atoms with van der Waals surface area (Å²) >= 11 is 0. The van der Waals surface area contributed by atoms with Crippen molar-refractivity contribution in [1.82, 2.24) is 10.9 Å². The van der Waals surface area contributed by atoms with Crippen molar-refractivity contribution in [3.63, 3.8) is 0 Å². The van der Waals surface area contributed by atoms with Gasteiger partial charge in [0.2, 0.25) is 0 Å². The van der Waals surface area contributed by atoms with E-state index in [1.165, 1.54) is 0 Å². The number of hydrazone groups is 1. The molecular formula is C27H38N4O8. The summed E-state index contributed by atoms with van der Waals surface area (Å²) in [5, 5.41) is 11.0. The van der Waals surface area contributed by atoms with Crippen LogP contribution in [0.3, 0.4) is 0 Å². The summed E-state index contributed by atoms with van der Waals surface area (Å²) in [6.45, 7) is 5.45. The van der Waals surface area contributed by atoms with E-state index in [1.54, 1.807) is 6.92 Å². The second-order valence-electron chi connectivity index (χ2n) is 7.98. The molecule has 2 heterocycles. The number of amides is 2. The van der Waals surface area contributed by atoms with Crippen molar-refractivity contribution in [3.05, 3.63) is 71.8 Å². The number of nitrogens with zero attached hydrogens (tertiary/aromatic N) is 1. The highest BCUT2D eigenvalue weighted by atomic mass is 16.6. The molecule has 2 unspecified atom stereocenters. The van der Waals surface area contributed by atoms with Gasteiger partial charge in [0.25, 0.3) is 0 Å². The van der Waals surface area contributed by atoms with E-state index < -0.39 is 12.2 Å². The summed E-state index contributed by atoms with van der Waals surface area (Å²) in [7, 11) is 1.00. The van der Waals surface area contributed by atoms with E-state index >= 15 is 0 Å². The summed E-state index contributed by atoms with van der Waals surface area (Å²) < 4.78 is 19.9. The van der Waals surface area contributed by atoms with Gasteiger partial charge in [0, 0.05) is 20.0 Å². The van der Waals surface area contributed by atoms with Gasteiger partial charge < -0.3 is 24.1 Å². The Kier molecular flexibility index (Phi) is 17.2. The van der Waals surface area contributed by atoms with Gasteiger partial charge in [-0.3, -0.25) is 10.2 Å². The lowest BCUT2D eigenvalue weighted by Crippen LogP contribution is -2.30. The molecule has 0 radical (unpaired) electrons. The highest BCUT2D eigenvalue weighted by molar-refractivity contribution is 5.90. The van der Waals surface area contributed by atoms with E-state index in [4.69, 9.17) is 29.9 Å². The second kappa shape index (κ2) is 20.2. The summed E-state index contributed by atoms with van der Waals surface area (Å²) in [5.74, 6) is 5.05. The Morgan fingerprint density at radius 2 is 1.36 bits per heavy atom. The molecule has 0 aromatic heterocycles. The average molecular weight is 547 g/mol. The van der Waals surface area contributed by atoms with Crippen LogP contribution in [0.5, 0.6) is 0 Å². The maximum atomic E-state index is 11.4. The van der Waals surface area contributed by atoms with Gasteiger partial charge in [-0.15, -0.1) is 0 Å². The minimum atomic E-state index is -0.626. The van der Waals surface area contributed by atoms with E-state index in [2.05, 4.69) is 10.5 Å². The van der Waals surface area contributed by atoms with Crippen molar-refractivity contribution < 1.29 is 38.4 Å². The van der Waals surface area contributed by atoms with Crippen molar-refractivity contribution in [2.24, 2.45) is 10.9 Å². The largest absolute Gasteiger partial charge is 0.444 e. The van der Waals surface area contributed by atoms with Gasteiger partial charge in [0.1, 0.15) is 19.3 Å². The number of carbonyl (C=O) groups is 3. The van der Waals surface area contributed by atoms with Gasteiger partial charge in [0.15, 0.2) is 5.78 Å². The minimum Gasteiger partial charge on any atom is -0.444 e. The molecule has 0 bridgehead atoms. The second-order valence-corrected chi connectivity index (χ2v) is 7.98. The van der Waals surface area contributed by atoms with Crippen LogP contribution in [0.1, 0.15) is 37.8 Å². The quantitative estimate of drug-likeness (QED) is 0.250. The molecular weight excluding hydrogens is 508 g/mol. The number of hydrogen-bond donors (Lipinski definition) is 4. The molecule has 2 atom stereocenters. The molecule has 2 aromatic carbocycles. The maximum absolute atomic E-state index is 11.4. The Balaban J connectivity index is 0.000000311. The van der Waals surface area contributed by atoms with Crippen LogP contribution in [0.15, 0.2) is 65.8 Å². The number of rotatable bonds is 5. The lowest BCUT2D eigenvalue weighted by Gasteiger charge is -2.05. The first kappa shape index (κ1) is 33.2. The van der Waals surface area contributed by atoms with Crippen LogP contribution in [0.25, 0.3) is 0 Å². The van der Waals surface area contributed by atoms with Gasteiger partial charge in [-0.1, -0.05) is 60.7 Å². The molecule has 2 aromatic rings. The third-order valence-corrected chi connectivity index (χ3v) is 5.20. The SMILES string of the molecule is CC1OCC/C1=N/NC(=O)OCc1ccccc1.CC1OCCC1=O.CO.NNC(=O)OCc1ccccc1. The highest BCUT2D eigenvalue weighted by Gasteiger charge is 2.19. The van der Waals surface area contributed by atoms with Gasteiger partial charge >= 0.3 is 12.2 Å². The lowest BCUT2D eigenvalue weighted by molar-refractivity contribution is -0.121. The zero-order valence-electron chi connectivity index (χ0n) is 22.5. The van der Waals surface area contributed by atoms with Crippen LogP contribution in [0.2, 0.25) is 0 Å². The number of ether oxygens (including phenoxy) is 4. The standard InChI is InChI=1S/C13H16N2O3.C8H10N2O2.C5H8O2.CH4O/c1-10-12(7-8-17-10)14-15-13(16)18-9-11-5-3-2-4-6-11;9-10-8(11)12-6-7-4-2-1-3-5-7;1-4-5(6)2-3-7-4;1-2/h2-6,10H,7-9H2,1H3,(H,15,16);1-5H,6,9H2,(H,10,11);4H,2-3H2,1H3;2H,1H3/b14-12-;;;. The first-order valence-electron chi connectivity index (χ1n) is 12.3. The molecule has 5 N–H and O–H groups in total. The molecule has 2 amide bonds. The van der Waals surface area contributed by atoms with Crippen LogP contribution >= 0.6 is 0 Å². The number of aliphatic hydroxyl groups is 1. The molecule has 2 aliphatic heterocycles. The number of hydrazine groups is 1. The monoisotopic (exact) mass is 546 g/mol. The number of benzene rings is 2. The van der Waals surface area contributed by atoms with E-state index in [0.717, 1.165) is 30.4 Å². The zero-order valence-corrected chi connectivity index (χ0v) is 22.5. The number of Topliss-reactive ketones (excluding diaryl/α,β-unsaturated/α-hetero) is 1. The van der Waals surface area contributed by atoms with E-state index in [9.17, 15) is 14.4 Å². The molecule has 2 aliphatic rings. The van der Waals surface area contributed by atoms with E-state index in [-0.39, 0.29) is 31.2 Å². The van der Waals surface area contributed by atoms with Gasteiger partial charge in [0.05, 0.1) is 25.0 Å². The molecule has 0 spiro atoms. The Labute approximate surface area is 228 Å². The van der Waals surface area contributed by atoms with Crippen molar-refractivity contribution in [1.29, 1.82) is 0 Å². The number of nitrogens with two attached hydrogens (primary N) is 1. The molecule has 0 aliphatic carbocycles. The van der Waals surface area contributed by atoms with E-state index in [1.807, 2.05) is 73.0 Å². The third-order valence-electron chi connectivity index (χ3n) is 5.20. The highest BCUT2D eigenvalue weighted by Crippen LogP contribution is 2.08. The number of aliphatic hydroxyl groups excluding tert-OH is 1. The van der Waals surface area contributed by atoms with Crippen molar-refractivity contribution >= 4 is 23.7 Å². The average Bonchev–Trinajstić information content (AvgIpc) is 3.58. The third kappa shape index (κ3) is 14.6. The molecule has 214 valence electrons. The first-order valence-corrected chi connectivity index (χ1v) is 12.3. The lowest BCUT2D eigenvalue weighted by atomic mass is 10.2. The molecule has 12 heteroatoms. The topological polar surface area (TPSA) is 171 Å². The van der Waals surface area contributed by atoms with Crippen LogP contribution < -0.4 is 16.7 Å². The fourth-order valence-corrected chi connectivity index (χ4v) is 3.06. The first-order chi connectivity index (χ1) is 18.9. The van der Waals surface area contributed by atoms with E-state index in [0.29, 0.717) is 19.6 Å². The Morgan fingerprint density at radius 3 is 1.74 bits per heavy atom. The molecule has 4 rings (SSSR count). The van der Waals surface area contributed by atoms with Gasteiger partial charge in [-0.05, 0) is 25.0 Å². The van der Waals surface area contributed by atoms with Gasteiger partial charge in [-0.2, -0.15) is 5.10 Å². The molecule has 12 nitrogen and oxygen atoms in total. The van der Waals surface area contributed by atoms with Crippen molar-refractivity contribution in [3.8, 4) is 0 Å². The predicted molar refractivity (Wildman–Crippen MR) is 144 cm³/mol. The zero-order chi connectivity index (χ0) is 28.9.